The summed E-state index contributed by atoms with van der Waals surface area (Å²) in [5.74, 6) is 0. The number of allylic oxidation sites excluding steroid dienone is 2. The molecule has 0 unspecified atom stereocenters. The summed E-state index contributed by atoms with van der Waals surface area (Å²) < 4.78 is 0. The van der Waals surface area contributed by atoms with Crippen molar-refractivity contribution in [2.45, 2.75) is 12.8 Å². The van der Waals surface area contributed by atoms with E-state index >= 15 is 0 Å². The van der Waals surface area contributed by atoms with Crippen molar-refractivity contribution in [1.82, 2.24) is 0 Å². The summed E-state index contributed by atoms with van der Waals surface area (Å²) in [6, 6.07) is 44.7. The fourth-order valence-corrected chi connectivity index (χ4v) is 6.52. The molecule has 0 saturated carbocycles. The average Bonchev–Trinajstić information content (AvgIpc) is 3.60. The van der Waals surface area contributed by atoms with Gasteiger partial charge in [-0.05, 0) is 90.0 Å². The van der Waals surface area contributed by atoms with E-state index in [0.717, 1.165) is 12.8 Å². The van der Waals surface area contributed by atoms with E-state index in [1.807, 2.05) is 0 Å². The number of hydrogen-bond donors (Lipinski definition) is 0. The van der Waals surface area contributed by atoms with Crippen LogP contribution in [0.4, 0.5) is 0 Å². The van der Waals surface area contributed by atoms with Crippen molar-refractivity contribution in [2.24, 2.45) is 0 Å². The zero-order chi connectivity index (χ0) is 25.1. The molecule has 0 nitrogen and oxygen atoms in total. The van der Waals surface area contributed by atoms with Crippen molar-refractivity contribution in [3.8, 4) is 11.1 Å². The molecular weight excluding hydrogens is 456 g/mol. The molecule has 6 aromatic rings. The Morgan fingerprint density at radius 1 is 0.368 bits per heavy atom. The Labute approximate surface area is 223 Å². The van der Waals surface area contributed by atoms with Crippen LogP contribution in [-0.2, 0) is 12.8 Å². The number of fused-ring (bicyclic) bond motifs is 4. The lowest BCUT2D eigenvalue weighted by Gasteiger charge is -2.21. The molecule has 0 fully saturated rings. The fraction of sp³-hybridized carbons (Fsp3) is 0.0526. The van der Waals surface area contributed by atoms with Gasteiger partial charge in [0.2, 0.25) is 0 Å². The average molecular weight is 483 g/mol. The molecule has 0 saturated heterocycles. The minimum Gasteiger partial charge on any atom is -0.0619 e. The predicted molar refractivity (Wildman–Crippen MR) is 163 cm³/mol. The van der Waals surface area contributed by atoms with Crippen LogP contribution in [0.2, 0.25) is 0 Å². The van der Waals surface area contributed by atoms with Crippen LogP contribution in [0.15, 0.2) is 121 Å². The lowest BCUT2D eigenvalue weighted by atomic mass is 9.82. The molecule has 0 radical (unpaired) electrons. The molecule has 0 amide bonds. The first kappa shape index (κ1) is 21.4. The molecule has 178 valence electrons. The Balaban J connectivity index is 1.45. The van der Waals surface area contributed by atoms with E-state index in [2.05, 4.69) is 133 Å². The van der Waals surface area contributed by atoms with E-state index in [0.29, 0.717) is 0 Å². The Kier molecular flexibility index (Phi) is 4.75. The third-order valence-corrected chi connectivity index (χ3v) is 8.33. The second-order valence-electron chi connectivity index (χ2n) is 10.5. The topological polar surface area (TPSA) is 0 Å². The largest absolute Gasteiger partial charge is 0.0619 e. The van der Waals surface area contributed by atoms with Gasteiger partial charge in [-0.15, -0.1) is 0 Å². The Morgan fingerprint density at radius 2 is 0.789 bits per heavy atom. The summed E-state index contributed by atoms with van der Waals surface area (Å²) in [4.78, 5) is 0. The summed E-state index contributed by atoms with van der Waals surface area (Å²) in [6.07, 6.45) is 6.74. The van der Waals surface area contributed by atoms with Crippen LogP contribution in [-0.4, -0.2) is 0 Å². The van der Waals surface area contributed by atoms with Crippen molar-refractivity contribution < 1.29 is 0 Å². The molecule has 0 atom stereocenters. The van der Waals surface area contributed by atoms with Gasteiger partial charge in [0.1, 0.15) is 0 Å². The van der Waals surface area contributed by atoms with Crippen LogP contribution in [0.3, 0.4) is 0 Å². The SMILES string of the molecule is C1=C(c2ccc3ccccc3c2-c2c(C3=Cc4ccccc4C3)ccc3ccccc23)Cc2ccccc21. The second-order valence-corrected chi connectivity index (χ2v) is 10.5. The molecule has 2 aliphatic carbocycles. The predicted octanol–water partition coefficient (Wildman–Crippen LogP) is 9.85. The van der Waals surface area contributed by atoms with Crippen LogP contribution in [0.1, 0.15) is 33.4 Å². The van der Waals surface area contributed by atoms with Crippen LogP contribution in [0.5, 0.6) is 0 Å². The monoisotopic (exact) mass is 482 g/mol. The number of benzene rings is 6. The summed E-state index contributed by atoms with van der Waals surface area (Å²) in [7, 11) is 0. The second kappa shape index (κ2) is 8.43. The van der Waals surface area contributed by atoms with E-state index in [-0.39, 0.29) is 0 Å². The molecule has 0 aliphatic heterocycles. The van der Waals surface area contributed by atoms with Crippen molar-refractivity contribution in [1.29, 1.82) is 0 Å². The van der Waals surface area contributed by atoms with Gasteiger partial charge >= 0.3 is 0 Å². The minimum absolute atomic E-state index is 0.968. The maximum Gasteiger partial charge on any atom is -0.00135 e. The first-order valence-corrected chi connectivity index (χ1v) is 13.4. The van der Waals surface area contributed by atoms with Crippen LogP contribution in [0.25, 0.3) is 56.0 Å². The van der Waals surface area contributed by atoms with Crippen molar-refractivity contribution >= 4 is 44.8 Å². The molecule has 8 rings (SSSR count). The van der Waals surface area contributed by atoms with E-state index in [4.69, 9.17) is 0 Å². The molecule has 38 heavy (non-hydrogen) atoms. The molecular formula is C38H26. The van der Waals surface area contributed by atoms with Crippen LogP contribution >= 0.6 is 0 Å². The Morgan fingerprint density at radius 3 is 1.26 bits per heavy atom. The highest BCUT2D eigenvalue weighted by Crippen LogP contribution is 2.47. The maximum atomic E-state index is 2.40. The number of rotatable bonds is 3. The normalized spacial score (nSPS) is 13.9. The first-order valence-electron chi connectivity index (χ1n) is 13.4. The van der Waals surface area contributed by atoms with E-state index in [9.17, 15) is 0 Å². The molecule has 0 N–H and O–H groups in total. The maximum absolute atomic E-state index is 2.40. The van der Waals surface area contributed by atoms with Crippen molar-refractivity contribution in [2.75, 3.05) is 0 Å². The van der Waals surface area contributed by atoms with Gasteiger partial charge in [-0.2, -0.15) is 0 Å². The molecule has 0 aromatic heterocycles. The third kappa shape index (κ3) is 3.31. The first-order chi connectivity index (χ1) is 18.8. The molecule has 0 heterocycles. The van der Waals surface area contributed by atoms with E-state index < -0.39 is 0 Å². The zero-order valence-electron chi connectivity index (χ0n) is 21.1. The summed E-state index contributed by atoms with van der Waals surface area (Å²) >= 11 is 0. The van der Waals surface area contributed by atoms with Gasteiger partial charge in [0.05, 0.1) is 0 Å². The Bertz CT molecular complexity index is 1820. The fourth-order valence-electron chi connectivity index (χ4n) is 6.52. The third-order valence-electron chi connectivity index (χ3n) is 8.33. The van der Waals surface area contributed by atoms with Gasteiger partial charge in [0.25, 0.3) is 0 Å². The van der Waals surface area contributed by atoms with E-state index in [1.165, 1.54) is 77.2 Å². The molecule has 0 bridgehead atoms. The lowest BCUT2D eigenvalue weighted by Crippen LogP contribution is -1.98. The summed E-state index contributed by atoms with van der Waals surface area (Å²) in [5, 5.41) is 5.20. The van der Waals surface area contributed by atoms with Crippen LogP contribution < -0.4 is 0 Å². The highest BCUT2D eigenvalue weighted by molar-refractivity contribution is 6.14. The lowest BCUT2D eigenvalue weighted by molar-refractivity contribution is 1.31. The van der Waals surface area contributed by atoms with Crippen molar-refractivity contribution in [3.63, 3.8) is 0 Å². The highest BCUT2D eigenvalue weighted by atomic mass is 14.3. The molecule has 6 aromatic carbocycles. The van der Waals surface area contributed by atoms with Gasteiger partial charge < -0.3 is 0 Å². The quantitative estimate of drug-likeness (QED) is 0.235. The minimum atomic E-state index is 0.968. The van der Waals surface area contributed by atoms with Crippen LogP contribution in [0, 0.1) is 0 Å². The van der Waals surface area contributed by atoms with Crippen molar-refractivity contribution in [3.05, 3.63) is 155 Å². The Hall–Kier alpha value is -4.68. The standard InChI is InChI=1S/C38H26/c1-2-12-28-22-31(21-27(28)11-1)35-19-17-25-9-5-7-15-33(25)37(35)38-34-16-8-6-10-26(34)18-20-36(38)32-23-29-13-3-4-14-30(29)24-32/h1-21,23H,22,24H2. The van der Waals surface area contributed by atoms with Gasteiger partial charge in [-0.3, -0.25) is 0 Å². The zero-order valence-corrected chi connectivity index (χ0v) is 21.1. The summed E-state index contributed by atoms with van der Waals surface area (Å²) in [5.41, 5.74) is 13.7. The van der Waals surface area contributed by atoms with Gasteiger partial charge in [0, 0.05) is 0 Å². The molecule has 0 spiro atoms. The van der Waals surface area contributed by atoms with Gasteiger partial charge in [-0.25, -0.2) is 0 Å². The summed E-state index contributed by atoms with van der Waals surface area (Å²) in [6.45, 7) is 0. The van der Waals surface area contributed by atoms with Gasteiger partial charge in [-0.1, -0.05) is 133 Å². The highest BCUT2D eigenvalue weighted by Gasteiger charge is 2.24. The van der Waals surface area contributed by atoms with Gasteiger partial charge in [0.15, 0.2) is 0 Å². The van der Waals surface area contributed by atoms with E-state index in [1.54, 1.807) is 0 Å². The molecule has 2 aliphatic rings. The number of hydrogen-bond acceptors (Lipinski definition) is 0. The molecule has 0 heteroatoms. The smallest absolute Gasteiger partial charge is 0.00135 e.